The molecule has 0 saturated carbocycles. The number of imidazole rings is 1. The molecule has 0 amide bonds. The predicted octanol–water partition coefficient (Wildman–Crippen LogP) is 3.34. The number of nitrogens with zero attached hydrogens (tertiary/aromatic N) is 2. The minimum absolute atomic E-state index is 0.0457. The lowest BCUT2D eigenvalue weighted by molar-refractivity contribution is -0.613. The highest BCUT2D eigenvalue weighted by Gasteiger charge is 2.29. The zero-order chi connectivity index (χ0) is 19.1. The van der Waals surface area contributed by atoms with Gasteiger partial charge in [0.15, 0.2) is 11.4 Å². The molecule has 3 rings (SSSR count). The monoisotopic (exact) mass is 375 g/mol. The summed E-state index contributed by atoms with van der Waals surface area (Å²) < 4.78 is 22.2. The molecule has 0 bridgehead atoms. The van der Waals surface area contributed by atoms with Crippen LogP contribution in [0.2, 0.25) is 0 Å². The van der Waals surface area contributed by atoms with Gasteiger partial charge in [-0.15, -0.1) is 0 Å². The molecule has 0 aliphatic carbocycles. The maximum absolute atomic E-state index is 12.4. The molecule has 0 spiro atoms. The number of benzene rings is 1. The Labute approximate surface area is 153 Å². The Hall–Kier alpha value is -2.45. The summed E-state index contributed by atoms with van der Waals surface area (Å²) in [6.45, 7) is 3.56. The van der Waals surface area contributed by atoms with Gasteiger partial charge < -0.3 is 24.2 Å². The SMILES string of the molecule is [CH]S(O)(Cc1c(C)c(OC)c(C)c[n+]1[O-])c1nc2ccc(OC)cc2[nH]1. The summed E-state index contributed by atoms with van der Waals surface area (Å²) >= 11 is 0. The standard InChI is InChI=1S/C18H21N3O4S/c1-11-9-21(22)16(12(2)17(11)25-4)10-26(5,23)18-19-14-7-6-13(24-3)8-15(14)20-18/h5-9,23H,10H2,1-4H3,(H,19,20). The fourth-order valence-electron chi connectivity index (χ4n) is 2.93. The fourth-order valence-corrected chi connectivity index (χ4v) is 4.37. The van der Waals surface area contributed by atoms with Crippen LogP contribution in [0, 0.1) is 25.3 Å². The van der Waals surface area contributed by atoms with Crippen LogP contribution in [-0.2, 0) is 5.75 Å². The van der Waals surface area contributed by atoms with Gasteiger partial charge in [0.1, 0.15) is 11.5 Å². The molecule has 3 aromatic rings. The van der Waals surface area contributed by atoms with E-state index < -0.39 is 10.3 Å². The number of fused-ring (bicyclic) bond motifs is 1. The first kappa shape index (κ1) is 18.3. The van der Waals surface area contributed by atoms with E-state index in [9.17, 15) is 9.76 Å². The van der Waals surface area contributed by atoms with Crippen molar-refractivity contribution in [3.63, 3.8) is 0 Å². The van der Waals surface area contributed by atoms with Gasteiger partial charge in [0.2, 0.25) is 5.69 Å². The normalized spacial score (nSPS) is 14.8. The Kier molecular flexibility index (Phi) is 4.72. The average Bonchev–Trinajstić information content (AvgIpc) is 3.03. The van der Waals surface area contributed by atoms with Gasteiger partial charge in [0.25, 0.3) is 0 Å². The van der Waals surface area contributed by atoms with Gasteiger partial charge in [0, 0.05) is 12.3 Å². The Morgan fingerprint density at radius 1 is 1.31 bits per heavy atom. The lowest BCUT2D eigenvalue weighted by atomic mass is 10.1. The number of aromatic amines is 1. The molecule has 1 unspecified atom stereocenters. The number of methoxy groups -OCH3 is 2. The summed E-state index contributed by atoms with van der Waals surface area (Å²) in [6.07, 6.45) is 7.61. The molecular weight excluding hydrogens is 354 g/mol. The number of rotatable bonds is 5. The highest BCUT2D eigenvalue weighted by molar-refractivity contribution is 8.29. The van der Waals surface area contributed by atoms with Gasteiger partial charge in [-0.25, -0.2) is 4.98 Å². The predicted molar refractivity (Wildman–Crippen MR) is 101 cm³/mol. The van der Waals surface area contributed by atoms with E-state index >= 15 is 0 Å². The molecule has 0 aliphatic heterocycles. The number of ether oxygens (including phenoxy) is 2. The molecule has 0 aliphatic rings. The van der Waals surface area contributed by atoms with Gasteiger partial charge in [-0.3, -0.25) is 0 Å². The molecule has 138 valence electrons. The Morgan fingerprint density at radius 2 is 2.04 bits per heavy atom. The molecule has 2 N–H and O–H groups in total. The van der Waals surface area contributed by atoms with Gasteiger partial charge in [-0.2, -0.15) is 4.73 Å². The number of H-pyrrole nitrogens is 1. The molecule has 0 fully saturated rings. The van der Waals surface area contributed by atoms with Crippen LogP contribution >= 0.6 is 10.3 Å². The number of aromatic nitrogens is 3. The number of nitrogens with one attached hydrogen (secondary N) is 1. The van der Waals surface area contributed by atoms with Gasteiger partial charge in [-0.1, -0.05) is 10.3 Å². The summed E-state index contributed by atoms with van der Waals surface area (Å²) in [4.78, 5) is 7.42. The molecule has 1 atom stereocenters. The largest absolute Gasteiger partial charge is 0.618 e. The lowest BCUT2D eigenvalue weighted by Gasteiger charge is -2.26. The highest BCUT2D eigenvalue weighted by atomic mass is 32.3. The van der Waals surface area contributed by atoms with Crippen LogP contribution in [0.4, 0.5) is 0 Å². The van der Waals surface area contributed by atoms with E-state index in [-0.39, 0.29) is 10.9 Å². The van der Waals surface area contributed by atoms with Crippen LogP contribution in [-0.4, -0.2) is 28.7 Å². The maximum Gasteiger partial charge on any atom is 0.210 e. The molecule has 7 nitrogen and oxygen atoms in total. The smallest absolute Gasteiger partial charge is 0.210 e. The summed E-state index contributed by atoms with van der Waals surface area (Å²) in [6, 6.07) is 5.32. The summed E-state index contributed by atoms with van der Waals surface area (Å²) in [7, 11) is 0.256. The Balaban J connectivity index is 2.01. The second-order valence-electron chi connectivity index (χ2n) is 6.07. The van der Waals surface area contributed by atoms with Crippen molar-refractivity contribution in [3.05, 3.63) is 52.7 Å². The number of hydrogen-bond donors (Lipinski definition) is 2. The fraction of sp³-hybridized carbons (Fsp3) is 0.278. The molecule has 0 saturated heterocycles. The summed E-state index contributed by atoms with van der Waals surface area (Å²) in [5, 5.41) is 12.6. The Morgan fingerprint density at radius 3 is 2.69 bits per heavy atom. The van der Waals surface area contributed by atoms with E-state index in [0.717, 1.165) is 10.3 Å². The summed E-state index contributed by atoms with van der Waals surface area (Å²) in [5.74, 6) is 1.23. The van der Waals surface area contributed by atoms with E-state index in [4.69, 9.17) is 15.7 Å². The van der Waals surface area contributed by atoms with Gasteiger partial charge in [-0.05, 0) is 26.0 Å². The topological polar surface area (TPSA) is 94.3 Å². The molecule has 26 heavy (non-hydrogen) atoms. The zero-order valence-corrected chi connectivity index (χ0v) is 15.9. The average molecular weight is 375 g/mol. The van der Waals surface area contributed by atoms with Crippen molar-refractivity contribution in [2.24, 2.45) is 0 Å². The van der Waals surface area contributed by atoms with Crippen molar-refractivity contribution in [1.82, 2.24) is 9.97 Å². The zero-order valence-electron chi connectivity index (χ0n) is 15.1. The lowest BCUT2D eigenvalue weighted by Crippen LogP contribution is -2.34. The van der Waals surface area contributed by atoms with Crippen LogP contribution in [0.25, 0.3) is 11.0 Å². The van der Waals surface area contributed by atoms with Crippen molar-refractivity contribution >= 4 is 21.3 Å². The van der Waals surface area contributed by atoms with E-state index in [1.165, 1.54) is 6.20 Å². The third kappa shape index (κ3) is 3.17. The van der Waals surface area contributed by atoms with Crippen LogP contribution in [0.3, 0.4) is 0 Å². The molecule has 2 aromatic heterocycles. The van der Waals surface area contributed by atoms with E-state index in [1.807, 2.05) is 0 Å². The molecular formula is C18H21N3O4S. The van der Waals surface area contributed by atoms with Crippen molar-refractivity contribution in [3.8, 4) is 11.5 Å². The number of aryl methyl sites for hydroxylation is 1. The van der Waals surface area contributed by atoms with Crippen molar-refractivity contribution in [1.29, 1.82) is 0 Å². The Bertz CT molecular complexity index is 969. The third-order valence-electron chi connectivity index (χ3n) is 4.27. The van der Waals surface area contributed by atoms with Crippen LogP contribution < -0.4 is 14.2 Å². The minimum Gasteiger partial charge on any atom is -0.618 e. The van der Waals surface area contributed by atoms with Crippen LogP contribution in [0.5, 0.6) is 11.5 Å². The first-order valence-electron chi connectivity index (χ1n) is 7.88. The highest BCUT2D eigenvalue weighted by Crippen LogP contribution is 2.52. The van der Waals surface area contributed by atoms with Crippen LogP contribution in [0.15, 0.2) is 29.6 Å². The van der Waals surface area contributed by atoms with Gasteiger partial charge >= 0.3 is 0 Å². The number of pyridine rings is 1. The number of hydrogen-bond acceptors (Lipinski definition) is 5. The summed E-state index contributed by atoms with van der Waals surface area (Å²) in [5.41, 5.74) is 3.08. The molecule has 2 heterocycles. The van der Waals surface area contributed by atoms with Gasteiger partial charge in [0.05, 0.1) is 42.1 Å². The molecule has 2 radical (unpaired) electrons. The third-order valence-corrected chi connectivity index (χ3v) is 5.85. The van der Waals surface area contributed by atoms with Crippen molar-refractivity contribution < 1.29 is 18.8 Å². The van der Waals surface area contributed by atoms with Crippen molar-refractivity contribution in [2.75, 3.05) is 14.2 Å². The van der Waals surface area contributed by atoms with E-state index in [0.29, 0.717) is 33.8 Å². The first-order valence-corrected chi connectivity index (χ1v) is 9.70. The van der Waals surface area contributed by atoms with E-state index in [1.54, 1.807) is 46.3 Å². The maximum atomic E-state index is 12.4. The quantitative estimate of drug-likeness (QED) is 0.527. The minimum atomic E-state index is -2.86. The second kappa shape index (κ2) is 6.69. The first-order chi connectivity index (χ1) is 12.3. The molecule has 8 heteroatoms. The van der Waals surface area contributed by atoms with E-state index in [2.05, 4.69) is 9.97 Å². The molecule has 1 aromatic carbocycles. The second-order valence-corrected chi connectivity index (χ2v) is 8.25. The van der Waals surface area contributed by atoms with Crippen LogP contribution in [0.1, 0.15) is 16.8 Å². The van der Waals surface area contributed by atoms with Crippen molar-refractivity contribution in [2.45, 2.75) is 24.8 Å².